The largest absolute Gasteiger partial charge is 0.467 e. The van der Waals surface area contributed by atoms with Crippen molar-refractivity contribution < 1.29 is 4.74 Å². The standard InChI is InChI=1S/C14H20N4O/c1-9-12-11(17-13(16-9)19-4)10(8-18(12)3)14(2)6-5-7-15-14/h8,15H,5-7H2,1-4H3. The minimum atomic E-state index is 0.00527. The van der Waals surface area contributed by atoms with E-state index in [2.05, 4.69) is 33.0 Å². The zero-order chi connectivity index (χ0) is 13.6. The topological polar surface area (TPSA) is 52.0 Å². The van der Waals surface area contributed by atoms with Gasteiger partial charge < -0.3 is 14.6 Å². The molecule has 0 aromatic carbocycles. The first-order chi connectivity index (χ1) is 9.05. The van der Waals surface area contributed by atoms with Crippen LogP contribution in [0.5, 0.6) is 6.01 Å². The van der Waals surface area contributed by atoms with Crippen LogP contribution >= 0.6 is 0 Å². The SMILES string of the molecule is COc1nc(C)c2c(n1)c(C1(C)CCCN1)cn2C. The Labute approximate surface area is 113 Å². The second kappa shape index (κ2) is 4.20. The Balaban J connectivity index is 2.28. The average molecular weight is 260 g/mol. The van der Waals surface area contributed by atoms with E-state index in [1.165, 1.54) is 12.0 Å². The van der Waals surface area contributed by atoms with Crippen molar-refractivity contribution in [3.05, 3.63) is 17.5 Å². The molecule has 5 heteroatoms. The van der Waals surface area contributed by atoms with Crippen molar-refractivity contribution in [2.45, 2.75) is 32.2 Å². The smallest absolute Gasteiger partial charge is 0.317 e. The third-order valence-electron chi connectivity index (χ3n) is 4.11. The van der Waals surface area contributed by atoms with Crippen LogP contribution in [0.1, 0.15) is 31.0 Å². The fraction of sp³-hybridized carbons (Fsp3) is 0.571. The summed E-state index contributed by atoms with van der Waals surface area (Å²) in [6.07, 6.45) is 4.51. The van der Waals surface area contributed by atoms with Gasteiger partial charge >= 0.3 is 6.01 Å². The van der Waals surface area contributed by atoms with E-state index >= 15 is 0 Å². The molecule has 0 aliphatic carbocycles. The lowest BCUT2D eigenvalue weighted by atomic mass is 9.92. The van der Waals surface area contributed by atoms with Crippen LogP contribution < -0.4 is 10.1 Å². The Hall–Kier alpha value is -1.62. The van der Waals surface area contributed by atoms with Crippen LogP contribution in [0.2, 0.25) is 0 Å². The molecule has 1 fully saturated rings. The van der Waals surface area contributed by atoms with Crippen LogP contribution in [0, 0.1) is 6.92 Å². The van der Waals surface area contributed by atoms with Gasteiger partial charge in [0.25, 0.3) is 0 Å². The number of hydrogen-bond donors (Lipinski definition) is 1. The molecule has 102 valence electrons. The van der Waals surface area contributed by atoms with Gasteiger partial charge in [-0.3, -0.25) is 0 Å². The molecule has 1 saturated heterocycles. The number of nitrogens with one attached hydrogen (secondary N) is 1. The van der Waals surface area contributed by atoms with Crippen molar-refractivity contribution in [1.82, 2.24) is 19.9 Å². The number of methoxy groups -OCH3 is 1. The Morgan fingerprint density at radius 2 is 2.21 bits per heavy atom. The predicted molar refractivity (Wildman–Crippen MR) is 74.4 cm³/mol. The number of nitrogens with zero attached hydrogens (tertiary/aromatic N) is 3. The van der Waals surface area contributed by atoms with Crippen LogP contribution in [0.4, 0.5) is 0 Å². The number of aromatic nitrogens is 3. The van der Waals surface area contributed by atoms with Gasteiger partial charge in [0, 0.05) is 24.3 Å². The van der Waals surface area contributed by atoms with Crippen LogP contribution in [0.3, 0.4) is 0 Å². The zero-order valence-electron chi connectivity index (χ0n) is 11.9. The van der Waals surface area contributed by atoms with Gasteiger partial charge in [0.2, 0.25) is 0 Å². The normalized spacial score (nSPS) is 23.2. The van der Waals surface area contributed by atoms with Gasteiger partial charge in [-0.25, -0.2) is 0 Å². The molecule has 0 saturated carbocycles. The summed E-state index contributed by atoms with van der Waals surface area (Å²) in [4.78, 5) is 8.94. The molecule has 3 heterocycles. The summed E-state index contributed by atoms with van der Waals surface area (Å²) in [6.45, 7) is 5.31. The summed E-state index contributed by atoms with van der Waals surface area (Å²) in [5.74, 6) is 0. The molecule has 1 N–H and O–H groups in total. The van der Waals surface area contributed by atoms with Gasteiger partial charge in [0.05, 0.1) is 18.3 Å². The molecule has 0 radical (unpaired) electrons. The number of rotatable bonds is 2. The first-order valence-electron chi connectivity index (χ1n) is 6.68. The maximum atomic E-state index is 5.21. The van der Waals surface area contributed by atoms with Crippen molar-refractivity contribution in [2.24, 2.45) is 7.05 Å². The predicted octanol–water partition coefficient (Wildman–Crippen LogP) is 1.88. The Bertz CT molecular complexity index is 626. The Kier molecular flexibility index (Phi) is 2.74. The van der Waals surface area contributed by atoms with Crippen LogP contribution in [-0.4, -0.2) is 28.2 Å². The van der Waals surface area contributed by atoms with Crippen molar-refractivity contribution >= 4 is 11.0 Å². The van der Waals surface area contributed by atoms with E-state index in [9.17, 15) is 0 Å². The monoisotopic (exact) mass is 260 g/mol. The van der Waals surface area contributed by atoms with Gasteiger partial charge in [-0.2, -0.15) is 9.97 Å². The number of ether oxygens (including phenoxy) is 1. The van der Waals surface area contributed by atoms with Crippen molar-refractivity contribution in [1.29, 1.82) is 0 Å². The molecule has 1 aliphatic rings. The van der Waals surface area contributed by atoms with Gasteiger partial charge in [0.15, 0.2) is 0 Å². The average Bonchev–Trinajstić information content (AvgIpc) is 2.95. The molecule has 1 unspecified atom stereocenters. The molecule has 2 aromatic rings. The highest BCUT2D eigenvalue weighted by atomic mass is 16.5. The maximum absolute atomic E-state index is 5.21. The number of aryl methyl sites for hydroxylation is 2. The highest BCUT2D eigenvalue weighted by Gasteiger charge is 2.34. The molecule has 0 bridgehead atoms. The molecular formula is C14H20N4O. The second-order valence-corrected chi connectivity index (χ2v) is 5.51. The van der Waals surface area contributed by atoms with Gasteiger partial charge in [0.1, 0.15) is 5.52 Å². The quantitative estimate of drug-likeness (QED) is 0.896. The zero-order valence-corrected chi connectivity index (χ0v) is 11.9. The Morgan fingerprint density at radius 3 is 2.84 bits per heavy atom. The first-order valence-corrected chi connectivity index (χ1v) is 6.68. The van der Waals surface area contributed by atoms with Gasteiger partial charge in [-0.05, 0) is 33.2 Å². The van der Waals surface area contributed by atoms with Gasteiger partial charge in [-0.15, -0.1) is 0 Å². The molecule has 2 aromatic heterocycles. The van der Waals surface area contributed by atoms with Crippen molar-refractivity contribution in [2.75, 3.05) is 13.7 Å². The van der Waals surface area contributed by atoms with E-state index < -0.39 is 0 Å². The summed E-state index contributed by atoms with van der Waals surface area (Å²) in [5, 5.41) is 3.60. The van der Waals surface area contributed by atoms with Crippen LogP contribution in [0.15, 0.2) is 6.20 Å². The number of fused-ring (bicyclic) bond motifs is 1. The summed E-state index contributed by atoms with van der Waals surface area (Å²) in [7, 11) is 3.66. The number of hydrogen-bond acceptors (Lipinski definition) is 4. The molecule has 1 aliphatic heterocycles. The van der Waals surface area contributed by atoms with E-state index in [0.717, 1.165) is 29.7 Å². The fourth-order valence-corrected chi connectivity index (χ4v) is 3.09. The van der Waals surface area contributed by atoms with Crippen LogP contribution in [0.25, 0.3) is 11.0 Å². The summed E-state index contributed by atoms with van der Waals surface area (Å²) in [6, 6.07) is 0.444. The van der Waals surface area contributed by atoms with Crippen LogP contribution in [-0.2, 0) is 12.6 Å². The third kappa shape index (κ3) is 1.80. The van der Waals surface area contributed by atoms with E-state index in [0.29, 0.717) is 6.01 Å². The lowest BCUT2D eigenvalue weighted by molar-refractivity contribution is 0.380. The molecule has 0 spiro atoms. The summed E-state index contributed by atoms with van der Waals surface area (Å²) < 4.78 is 7.33. The summed E-state index contributed by atoms with van der Waals surface area (Å²) in [5.41, 5.74) is 4.30. The maximum Gasteiger partial charge on any atom is 0.317 e. The molecule has 0 amide bonds. The highest BCUT2D eigenvalue weighted by Crippen LogP contribution is 2.36. The fourth-order valence-electron chi connectivity index (χ4n) is 3.09. The van der Waals surface area contributed by atoms with Crippen molar-refractivity contribution in [3.63, 3.8) is 0 Å². The lowest BCUT2D eigenvalue weighted by Crippen LogP contribution is -2.33. The van der Waals surface area contributed by atoms with E-state index in [1.807, 2.05) is 14.0 Å². The van der Waals surface area contributed by atoms with Crippen molar-refractivity contribution in [3.8, 4) is 6.01 Å². The molecule has 19 heavy (non-hydrogen) atoms. The van der Waals surface area contributed by atoms with E-state index in [1.54, 1.807) is 7.11 Å². The molecule has 5 nitrogen and oxygen atoms in total. The minimum absolute atomic E-state index is 0.00527. The molecular weight excluding hydrogens is 240 g/mol. The second-order valence-electron chi connectivity index (χ2n) is 5.51. The summed E-state index contributed by atoms with van der Waals surface area (Å²) >= 11 is 0. The minimum Gasteiger partial charge on any atom is -0.467 e. The Morgan fingerprint density at radius 1 is 1.42 bits per heavy atom. The molecule has 3 rings (SSSR count). The highest BCUT2D eigenvalue weighted by molar-refractivity contribution is 5.83. The van der Waals surface area contributed by atoms with Gasteiger partial charge in [-0.1, -0.05) is 0 Å². The van der Waals surface area contributed by atoms with E-state index in [-0.39, 0.29) is 5.54 Å². The lowest BCUT2D eigenvalue weighted by Gasteiger charge is -2.23. The first kappa shape index (κ1) is 12.4. The third-order valence-corrected chi connectivity index (χ3v) is 4.11. The van der Waals surface area contributed by atoms with E-state index in [4.69, 9.17) is 4.74 Å². The molecule has 1 atom stereocenters.